The zero-order valence-electron chi connectivity index (χ0n) is 67.0. The van der Waals surface area contributed by atoms with Crippen molar-refractivity contribution >= 4 is 143 Å². The highest BCUT2D eigenvalue weighted by molar-refractivity contribution is 7.80. The average molecular weight is 1710 g/mol. The van der Waals surface area contributed by atoms with Crippen LogP contribution in [0.4, 0.5) is 0 Å². The van der Waals surface area contributed by atoms with Crippen LogP contribution in [0.3, 0.4) is 0 Å². The first-order chi connectivity index (χ1) is 56.4. The number of amides is 14. The molecule has 1 aliphatic heterocycles. The maximum absolute atomic E-state index is 15.1. The van der Waals surface area contributed by atoms with Crippen LogP contribution in [-0.4, -0.2) is 275 Å². The molecule has 1 heterocycles. The SMILES string of the molecule is CC[C@H](C)[C@H](NC(=O)[C@H](CCCNC(=N)N)NC(=O)CNC(=O)CNC(=O)[C@H](Cc1ccccc1)NC(=O)[C@@H](C)NC(=O)[C@H](CS)NC(=O)[C@H](CO)NC(=O)[C@@H](N)CO)C(=O)N[C@@H](CC(=O)O)C(=O)N[C@@H](CCCNC(=N)N)C(=O)N[C@H](C(=O)N1C[C@@H](C=S)C[C@@H]1C(=O)N[C@@H](Cc1ccccc1)C(=O)N[C@H](C=O)CCCNC(=N)N)[C@@H](C)CC. The van der Waals surface area contributed by atoms with Crippen molar-refractivity contribution in [2.45, 2.75) is 190 Å². The van der Waals surface area contributed by atoms with Crippen molar-refractivity contribution in [1.29, 1.82) is 16.2 Å². The van der Waals surface area contributed by atoms with Crippen LogP contribution in [0.5, 0.6) is 0 Å². The van der Waals surface area contributed by atoms with E-state index in [1.165, 1.54) is 24.1 Å². The van der Waals surface area contributed by atoms with Gasteiger partial charge in [0.25, 0.3) is 0 Å². The average Bonchev–Trinajstić information content (AvgIpc) is 1.67. The first-order valence-corrected chi connectivity index (χ1v) is 39.7. The molecule has 43 nitrogen and oxygen atoms in total. The summed E-state index contributed by atoms with van der Waals surface area (Å²) >= 11 is 9.42. The number of hydrogen-bond acceptors (Lipinski definition) is 24. The van der Waals surface area contributed by atoms with Crippen LogP contribution >= 0.6 is 24.8 Å². The molecule has 658 valence electrons. The van der Waals surface area contributed by atoms with Gasteiger partial charge in [-0.2, -0.15) is 12.6 Å². The van der Waals surface area contributed by atoms with Gasteiger partial charge in [0.05, 0.1) is 38.8 Å². The first kappa shape index (κ1) is 101. The van der Waals surface area contributed by atoms with Crippen LogP contribution in [0.15, 0.2) is 60.7 Å². The molecule has 0 spiro atoms. The normalized spacial score (nSPS) is 16.3. The van der Waals surface area contributed by atoms with Gasteiger partial charge >= 0.3 is 5.97 Å². The van der Waals surface area contributed by atoms with E-state index in [0.29, 0.717) is 23.8 Å². The number of nitrogens with one attached hydrogen (secondary N) is 19. The standard InChI is InChI=1S/C74H116N24O19S2/c1-6-39(3)58(96-63(109)47(22-15-25-83-73(78)79)89-56(103)32-85-55(102)31-86-62(108)49(27-42-17-10-8-11-18-42)91-60(106)41(5)87-68(114)53(38-119)95-67(113)52(36-101)94-61(107)46(75)35-100)70(116)93-51(30-57(104)105)66(112)90-48(23-16-26-84-74(80)81)64(110)97-59(40(4)7-2)71(117)98-33-44(37-118)29-54(98)69(115)92-50(28-43-19-12-9-13-20-43)65(111)88-45(34-99)21-14-24-82-72(76)77/h8-13,17-20,34,37,39-41,44-54,58-59,100-101,119H,6-7,14-16,21-33,35-36,38,75H2,1-5H3,(H,85,102)(H,86,108)(H,87,114)(H,88,111)(H,89,103)(H,90,112)(H,91,106)(H,92,115)(H,93,116)(H,94,107)(H,95,113)(H,96,109)(H,97,110)(H,104,105)(H4,76,77,82)(H4,78,79,83)(H4,80,81,84)/t39-,40-,41+,44-,45-,46-,47-,48-,49-,50-,51-,52-,53-,54+,58-,59-/m0/s1. The van der Waals surface area contributed by atoms with Gasteiger partial charge in [-0.05, 0) is 80.2 Å². The minimum absolute atomic E-state index is 0.00236. The molecule has 14 amide bonds. The van der Waals surface area contributed by atoms with Crippen molar-refractivity contribution in [3.8, 4) is 0 Å². The molecule has 30 N–H and O–H groups in total. The van der Waals surface area contributed by atoms with Crippen LogP contribution in [0.2, 0.25) is 0 Å². The number of carbonyl (C=O) groups is 16. The number of carboxylic acids is 1. The summed E-state index contributed by atoms with van der Waals surface area (Å²) in [6.45, 7) is 4.56. The van der Waals surface area contributed by atoms with E-state index in [-0.39, 0.29) is 102 Å². The molecule has 0 radical (unpaired) electrons. The Kier molecular flexibility index (Phi) is 45.7. The fourth-order valence-corrected chi connectivity index (χ4v) is 12.4. The minimum Gasteiger partial charge on any atom is -0.481 e. The number of carboxylic acid groups (broad SMARTS) is 1. The number of aldehydes is 1. The Bertz CT molecular complexity index is 3820. The van der Waals surface area contributed by atoms with Gasteiger partial charge in [-0.3, -0.25) is 88.1 Å². The van der Waals surface area contributed by atoms with Gasteiger partial charge in [-0.25, -0.2) is 0 Å². The number of rotatable bonds is 54. The van der Waals surface area contributed by atoms with Crippen molar-refractivity contribution < 1.29 is 92.0 Å². The Labute approximate surface area is 699 Å². The summed E-state index contributed by atoms with van der Waals surface area (Å²) in [4.78, 5) is 221. The molecule has 1 saturated heterocycles. The molecular weight excluding hydrogens is 1590 g/mol. The highest BCUT2D eigenvalue weighted by Crippen LogP contribution is 2.26. The summed E-state index contributed by atoms with van der Waals surface area (Å²) in [5.41, 5.74) is 23.0. The lowest BCUT2D eigenvalue weighted by Crippen LogP contribution is -2.61. The number of thiol groups is 1. The van der Waals surface area contributed by atoms with Gasteiger partial charge in [0.1, 0.15) is 78.8 Å². The summed E-state index contributed by atoms with van der Waals surface area (Å²) in [5.74, 6) is -18.4. The zero-order valence-corrected chi connectivity index (χ0v) is 68.7. The third-order valence-corrected chi connectivity index (χ3v) is 19.8. The maximum atomic E-state index is 15.1. The van der Waals surface area contributed by atoms with E-state index in [0.717, 1.165) is 0 Å². The summed E-state index contributed by atoms with van der Waals surface area (Å²) in [6, 6.07) is -2.03. The number of guanidine groups is 3. The van der Waals surface area contributed by atoms with Crippen molar-refractivity contribution in [2.75, 3.05) is 58.2 Å². The number of likely N-dealkylation sites (tertiary alicyclic amines) is 1. The lowest BCUT2D eigenvalue weighted by Gasteiger charge is -2.33. The summed E-state index contributed by atoms with van der Waals surface area (Å²) in [7, 11) is 0. The number of carbonyl (C=O) groups excluding carboxylic acids is 15. The molecule has 0 bridgehead atoms. The van der Waals surface area contributed by atoms with E-state index in [4.69, 9.17) is 51.4 Å². The lowest BCUT2D eigenvalue weighted by molar-refractivity contribution is -0.144. The van der Waals surface area contributed by atoms with Gasteiger partial charge in [0.15, 0.2) is 17.9 Å². The number of aliphatic hydroxyl groups excluding tert-OH is 2. The third kappa shape index (κ3) is 36.8. The third-order valence-electron chi connectivity index (χ3n) is 19.1. The molecule has 16 atom stereocenters. The van der Waals surface area contributed by atoms with E-state index in [9.17, 15) is 87.2 Å². The van der Waals surface area contributed by atoms with E-state index in [1.54, 1.807) is 81.4 Å². The topological polar surface area (TPSA) is 705 Å². The zero-order chi connectivity index (χ0) is 89.0. The predicted molar refractivity (Wildman–Crippen MR) is 441 cm³/mol. The molecule has 3 rings (SSSR count). The van der Waals surface area contributed by atoms with E-state index < -0.39 is 230 Å². The van der Waals surface area contributed by atoms with Gasteiger partial charge in [0.2, 0.25) is 82.7 Å². The van der Waals surface area contributed by atoms with Crippen LogP contribution in [-0.2, 0) is 89.6 Å². The molecule has 0 aliphatic carbocycles. The van der Waals surface area contributed by atoms with Crippen molar-refractivity contribution in [1.82, 2.24) is 90.0 Å². The van der Waals surface area contributed by atoms with E-state index >= 15 is 4.79 Å². The first-order valence-electron chi connectivity index (χ1n) is 38.6. The second kappa shape index (κ2) is 53.6. The Morgan fingerprint density at radius 1 is 0.513 bits per heavy atom. The molecule has 2 aromatic rings. The molecule has 0 aromatic heterocycles. The van der Waals surface area contributed by atoms with E-state index in [2.05, 4.69) is 97.7 Å². The van der Waals surface area contributed by atoms with E-state index in [1.807, 2.05) is 0 Å². The summed E-state index contributed by atoms with van der Waals surface area (Å²) in [6.07, 6.45) is -0.296. The Hall–Kier alpha value is -11.7. The number of aliphatic carboxylic acids is 1. The minimum atomic E-state index is -1.99. The molecule has 0 saturated carbocycles. The molecule has 1 aliphatic rings. The lowest BCUT2D eigenvalue weighted by atomic mass is 9.96. The van der Waals surface area contributed by atoms with Crippen molar-refractivity contribution in [2.24, 2.45) is 40.7 Å². The van der Waals surface area contributed by atoms with Gasteiger partial charge in [0, 0.05) is 50.7 Å². The van der Waals surface area contributed by atoms with Crippen LogP contribution in [0, 0.1) is 34.0 Å². The Morgan fingerprint density at radius 3 is 1.45 bits per heavy atom. The molecule has 1 fully saturated rings. The highest BCUT2D eigenvalue weighted by Gasteiger charge is 2.45. The second-order valence-corrected chi connectivity index (χ2v) is 29.1. The highest BCUT2D eigenvalue weighted by atomic mass is 32.1. The largest absolute Gasteiger partial charge is 0.481 e. The van der Waals surface area contributed by atoms with Gasteiger partial charge in [-0.15, -0.1) is 0 Å². The quantitative estimate of drug-likeness (QED) is 0.00730. The fourth-order valence-electron chi connectivity index (χ4n) is 11.9. The number of aliphatic hydroxyl groups is 2. The fraction of sp³-hybridized carbons (Fsp3) is 0.568. The van der Waals surface area contributed by atoms with Gasteiger partial charge in [-0.1, -0.05) is 113 Å². The number of nitrogens with zero attached hydrogens (tertiary/aromatic N) is 1. The van der Waals surface area contributed by atoms with Crippen LogP contribution in [0.25, 0.3) is 0 Å². The summed E-state index contributed by atoms with van der Waals surface area (Å²) < 4.78 is 0. The second-order valence-electron chi connectivity index (χ2n) is 28.4. The van der Waals surface area contributed by atoms with Crippen molar-refractivity contribution in [3.05, 3.63) is 71.8 Å². The molecule has 45 heteroatoms. The number of benzene rings is 2. The Morgan fingerprint density at radius 2 is 0.958 bits per heavy atom. The molecular formula is C74H116N24O19S2. The van der Waals surface area contributed by atoms with Crippen molar-refractivity contribution in [3.63, 3.8) is 0 Å². The maximum Gasteiger partial charge on any atom is 0.305 e. The van der Waals surface area contributed by atoms with Crippen LogP contribution < -0.4 is 108 Å². The predicted octanol–water partition coefficient (Wildman–Crippen LogP) is -7.93. The monoisotopic (exact) mass is 1710 g/mol. The smallest absolute Gasteiger partial charge is 0.305 e. The Balaban J connectivity index is 1.86. The molecule has 2 aromatic carbocycles. The number of thiocarbonyl (C=S) groups is 1. The molecule has 0 unspecified atom stereocenters. The van der Waals surface area contributed by atoms with Gasteiger partial charge < -0.3 is 133 Å². The summed E-state index contributed by atoms with van der Waals surface area (Å²) in [5, 5.41) is 93.0. The number of nitrogens with two attached hydrogens (primary N) is 4. The molecule has 119 heavy (non-hydrogen) atoms. The number of hydrogen-bond donors (Lipinski definition) is 27. The van der Waals surface area contributed by atoms with Crippen LogP contribution in [0.1, 0.15) is 110 Å².